The number of rotatable bonds is 14. The second-order valence-electron chi connectivity index (χ2n) is 8.55. The zero-order valence-electron chi connectivity index (χ0n) is 20.4. The Balaban J connectivity index is 2.03. The van der Waals surface area contributed by atoms with Crippen molar-refractivity contribution in [2.45, 2.75) is 65.2 Å². The van der Waals surface area contributed by atoms with Crippen LogP contribution in [0.2, 0.25) is 0 Å². The molecule has 1 aliphatic rings. The zero-order chi connectivity index (χ0) is 23.3. The van der Waals surface area contributed by atoms with Gasteiger partial charge in [0.05, 0.1) is 0 Å². The summed E-state index contributed by atoms with van der Waals surface area (Å²) in [5.74, 6) is 0.902. The highest BCUT2D eigenvalue weighted by atomic mass is 15.1. The second kappa shape index (κ2) is 13.6. The molecule has 1 N–H and O–H groups in total. The lowest BCUT2D eigenvalue weighted by Crippen LogP contribution is -2.19. The van der Waals surface area contributed by atoms with Crippen molar-refractivity contribution in [1.29, 1.82) is 0 Å². The van der Waals surface area contributed by atoms with Crippen molar-refractivity contribution in [3.8, 4) is 0 Å². The average molecular weight is 432 g/mol. The minimum absolute atomic E-state index is 0.902. The molecule has 0 saturated carbocycles. The number of nitrogens with one attached hydrogen (secondary N) is 1. The lowest BCUT2D eigenvalue weighted by atomic mass is 10.1. The Morgan fingerprint density at radius 1 is 1.19 bits per heavy atom. The largest absolute Gasteiger partial charge is 0.371 e. The summed E-state index contributed by atoms with van der Waals surface area (Å²) in [6.07, 6.45) is 21.1. The van der Waals surface area contributed by atoms with E-state index in [-0.39, 0.29) is 0 Å². The summed E-state index contributed by atoms with van der Waals surface area (Å²) in [7, 11) is 2.13. The third-order valence-electron chi connectivity index (χ3n) is 6.02. The van der Waals surface area contributed by atoms with Crippen LogP contribution in [0.1, 0.15) is 69.9 Å². The van der Waals surface area contributed by atoms with Crippen molar-refractivity contribution < 1.29 is 0 Å². The SMILES string of the molecule is C=CCC/C=C1\CC(CC)=C(CN(C)C(=C)/C=C/c2cnc(NC=C)c(CCCC)c2)C1. The Bertz CT molecular complexity index is 886. The van der Waals surface area contributed by atoms with Crippen LogP contribution < -0.4 is 5.32 Å². The molecule has 0 bridgehead atoms. The van der Waals surface area contributed by atoms with E-state index in [0.717, 1.165) is 75.0 Å². The molecule has 2 rings (SSSR count). The van der Waals surface area contributed by atoms with Crippen molar-refractivity contribution in [2.24, 2.45) is 0 Å². The standard InChI is InChI=1S/C29H41N3/c1-7-11-13-14-24-18-26(9-3)28(19-24)22-32(6)23(5)16-17-25-20-27(15-12-8-2)29(30-10-4)31-21-25/h7,10,14,16-17,20-21H,1,4-5,8-9,11-13,15,18-19,22H2,2-3,6H3,(H,30,31)/b17-16+,24-14+. The number of allylic oxidation sites excluding steroid dienone is 5. The van der Waals surface area contributed by atoms with Crippen LogP contribution in [0.25, 0.3) is 6.08 Å². The number of nitrogens with zero attached hydrogens (tertiary/aromatic N) is 2. The molecule has 3 nitrogen and oxygen atoms in total. The monoisotopic (exact) mass is 431 g/mol. The van der Waals surface area contributed by atoms with E-state index in [1.807, 2.05) is 12.3 Å². The van der Waals surface area contributed by atoms with Crippen molar-refractivity contribution >= 4 is 11.9 Å². The van der Waals surface area contributed by atoms with Gasteiger partial charge in [0.2, 0.25) is 0 Å². The topological polar surface area (TPSA) is 28.2 Å². The van der Waals surface area contributed by atoms with Gasteiger partial charge in [-0.05, 0) is 80.0 Å². The summed E-state index contributed by atoms with van der Waals surface area (Å²) >= 11 is 0. The van der Waals surface area contributed by atoms with Gasteiger partial charge in [-0.1, -0.05) is 62.8 Å². The molecule has 1 aromatic heterocycles. The molecule has 1 heterocycles. The van der Waals surface area contributed by atoms with Gasteiger partial charge in [-0.2, -0.15) is 0 Å². The first-order valence-corrected chi connectivity index (χ1v) is 11.9. The molecule has 0 unspecified atom stereocenters. The first-order valence-electron chi connectivity index (χ1n) is 11.9. The minimum atomic E-state index is 0.902. The summed E-state index contributed by atoms with van der Waals surface area (Å²) in [5, 5.41) is 3.15. The van der Waals surface area contributed by atoms with Crippen LogP contribution in [0.3, 0.4) is 0 Å². The number of aryl methyl sites for hydroxylation is 1. The van der Waals surface area contributed by atoms with E-state index in [0.29, 0.717) is 0 Å². The molecule has 0 aliphatic heterocycles. The highest BCUT2D eigenvalue weighted by molar-refractivity contribution is 5.57. The van der Waals surface area contributed by atoms with Gasteiger partial charge in [0.15, 0.2) is 0 Å². The lowest BCUT2D eigenvalue weighted by Gasteiger charge is -2.21. The molecular formula is C29H41N3. The van der Waals surface area contributed by atoms with E-state index in [1.54, 1.807) is 22.9 Å². The number of aromatic nitrogens is 1. The average Bonchev–Trinajstić information content (AvgIpc) is 3.18. The molecule has 1 aliphatic carbocycles. The number of unbranched alkanes of at least 4 members (excludes halogenated alkanes) is 2. The Hall–Kier alpha value is -2.81. The maximum absolute atomic E-state index is 4.59. The van der Waals surface area contributed by atoms with Crippen LogP contribution in [0.5, 0.6) is 0 Å². The molecule has 0 spiro atoms. The highest BCUT2D eigenvalue weighted by Crippen LogP contribution is 2.34. The predicted octanol–water partition coefficient (Wildman–Crippen LogP) is 7.83. The van der Waals surface area contributed by atoms with Crippen molar-refractivity contribution in [3.05, 3.63) is 90.0 Å². The number of likely N-dealkylation sites (N-methyl/N-ethyl adjacent to an activating group) is 1. The molecule has 32 heavy (non-hydrogen) atoms. The third-order valence-corrected chi connectivity index (χ3v) is 6.02. The Labute approximate surface area is 196 Å². The maximum atomic E-state index is 4.59. The van der Waals surface area contributed by atoms with Gasteiger partial charge < -0.3 is 10.2 Å². The number of hydrogen-bond acceptors (Lipinski definition) is 3. The van der Waals surface area contributed by atoms with Crippen molar-refractivity contribution in [3.63, 3.8) is 0 Å². The van der Waals surface area contributed by atoms with Crippen LogP contribution in [0.15, 0.2) is 78.8 Å². The Morgan fingerprint density at radius 3 is 2.66 bits per heavy atom. The van der Waals surface area contributed by atoms with Crippen LogP contribution in [-0.4, -0.2) is 23.5 Å². The van der Waals surface area contributed by atoms with E-state index in [9.17, 15) is 0 Å². The molecule has 0 aromatic carbocycles. The molecule has 0 radical (unpaired) electrons. The lowest BCUT2D eigenvalue weighted by molar-refractivity contribution is 0.466. The fraction of sp³-hybridized carbons (Fsp3) is 0.414. The van der Waals surface area contributed by atoms with E-state index < -0.39 is 0 Å². The number of pyridine rings is 1. The third kappa shape index (κ3) is 7.71. The van der Waals surface area contributed by atoms with Gasteiger partial charge in [0.1, 0.15) is 5.82 Å². The summed E-state index contributed by atoms with van der Waals surface area (Å²) in [6.45, 7) is 17.3. The highest BCUT2D eigenvalue weighted by Gasteiger charge is 2.18. The van der Waals surface area contributed by atoms with E-state index in [2.05, 4.69) is 80.1 Å². The van der Waals surface area contributed by atoms with Crippen molar-refractivity contribution in [1.82, 2.24) is 9.88 Å². The maximum Gasteiger partial charge on any atom is 0.133 e. The minimum Gasteiger partial charge on any atom is -0.371 e. The summed E-state index contributed by atoms with van der Waals surface area (Å²) in [4.78, 5) is 6.85. The Morgan fingerprint density at radius 2 is 1.97 bits per heavy atom. The van der Waals surface area contributed by atoms with Gasteiger partial charge in [0, 0.05) is 25.5 Å². The van der Waals surface area contributed by atoms with Gasteiger partial charge in [-0.3, -0.25) is 0 Å². The van der Waals surface area contributed by atoms with Gasteiger partial charge >= 0.3 is 0 Å². The van der Waals surface area contributed by atoms with Crippen LogP contribution in [0.4, 0.5) is 5.82 Å². The number of anilines is 1. The second-order valence-corrected chi connectivity index (χ2v) is 8.55. The quantitative estimate of drug-likeness (QED) is 0.185. The number of hydrogen-bond donors (Lipinski definition) is 1. The zero-order valence-corrected chi connectivity index (χ0v) is 20.4. The fourth-order valence-corrected chi connectivity index (χ4v) is 4.06. The van der Waals surface area contributed by atoms with Crippen LogP contribution in [-0.2, 0) is 6.42 Å². The predicted molar refractivity (Wildman–Crippen MR) is 142 cm³/mol. The first kappa shape index (κ1) is 25.5. The molecule has 0 saturated heterocycles. The van der Waals surface area contributed by atoms with Crippen LogP contribution >= 0.6 is 0 Å². The molecule has 3 heteroatoms. The molecule has 1 aromatic rings. The smallest absolute Gasteiger partial charge is 0.133 e. The summed E-state index contributed by atoms with van der Waals surface area (Å²) in [6, 6.07) is 2.22. The molecule has 0 fully saturated rings. The first-order chi connectivity index (χ1) is 15.5. The molecule has 0 amide bonds. The van der Waals surface area contributed by atoms with Gasteiger partial charge in [-0.15, -0.1) is 6.58 Å². The molecular weight excluding hydrogens is 390 g/mol. The molecule has 172 valence electrons. The van der Waals surface area contributed by atoms with Gasteiger partial charge in [0.25, 0.3) is 0 Å². The summed E-state index contributed by atoms with van der Waals surface area (Å²) < 4.78 is 0. The molecule has 0 atom stereocenters. The van der Waals surface area contributed by atoms with E-state index in [1.165, 1.54) is 5.56 Å². The van der Waals surface area contributed by atoms with E-state index in [4.69, 9.17) is 0 Å². The van der Waals surface area contributed by atoms with Gasteiger partial charge in [-0.25, -0.2) is 4.98 Å². The Kier molecular flexibility index (Phi) is 10.8. The van der Waals surface area contributed by atoms with E-state index >= 15 is 0 Å². The fourth-order valence-electron chi connectivity index (χ4n) is 4.06. The van der Waals surface area contributed by atoms with Crippen LogP contribution in [0, 0.1) is 0 Å². The summed E-state index contributed by atoms with van der Waals surface area (Å²) in [5.41, 5.74) is 8.05. The normalized spacial score (nSPS) is 14.9. The van der Waals surface area contributed by atoms with Crippen molar-refractivity contribution in [2.75, 3.05) is 18.9 Å².